The molecule has 23 heavy (non-hydrogen) atoms. The Hall–Kier alpha value is -2.63. The van der Waals surface area contributed by atoms with E-state index in [4.69, 9.17) is 0 Å². The molecule has 0 atom stereocenters. The molecule has 0 bridgehead atoms. The standard InChI is InChI=1S/C17H20N2O4/c1-11(2)9-10-19-15(12-7-5-4-6-8-12)13(16(20)21)14(18-19)17(22)23-3/h4-8,11H,9-10H2,1-3H3,(H,20,21). The quantitative estimate of drug-likeness (QED) is 0.828. The molecule has 0 aliphatic carbocycles. The first-order valence-corrected chi connectivity index (χ1v) is 7.43. The molecule has 1 N–H and O–H groups in total. The number of nitrogens with zero attached hydrogens (tertiary/aromatic N) is 2. The van der Waals surface area contributed by atoms with Crippen molar-refractivity contribution < 1.29 is 19.4 Å². The van der Waals surface area contributed by atoms with E-state index in [1.54, 1.807) is 16.8 Å². The Morgan fingerprint density at radius 2 is 1.91 bits per heavy atom. The molecule has 0 saturated carbocycles. The first-order valence-electron chi connectivity index (χ1n) is 7.43. The lowest BCUT2D eigenvalue weighted by molar-refractivity contribution is 0.0576. The van der Waals surface area contributed by atoms with Gasteiger partial charge in [-0.1, -0.05) is 44.2 Å². The van der Waals surface area contributed by atoms with Crippen LogP contribution in [0.25, 0.3) is 11.3 Å². The summed E-state index contributed by atoms with van der Waals surface area (Å²) in [5.74, 6) is -1.51. The Morgan fingerprint density at radius 3 is 2.43 bits per heavy atom. The van der Waals surface area contributed by atoms with E-state index in [1.807, 2.05) is 18.2 Å². The molecule has 0 aliphatic rings. The lowest BCUT2D eigenvalue weighted by atomic mass is 10.0. The smallest absolute Gasteiger partial charge is 0.359 e. The average molecular weight is 316 g/mol. The average Bonchev–Trinajstić information content (AvgIpc) is 2.92. The Kier molecular flexibility index (Phi) is 5.16. The molecule has 0 saturated heterocycles. The van der Waals surface area contributed by atoms with Crippen LogP contribution in [0, 0.1) is 5.92 Å². The lowest BCUT2D eigenvalue weighted by Crippen LogP contribution is -2.09. The predicted molar refractivity (Wildman–Crippen MR) is 85.4 cm³/mol. The molecular weight excluding hydrogens is 296 g/mol. The van der Waals surface area contributed by atoms with Gasteiger partial charge >= 0.3 is 11.9 Å². The number of carbonyl (C=O) groups excluding carboxylic acids is 1. The fourth-order valence-corrected chi connectivity index (χ4v) is 2.34. The van der Waals surface area contributed by atoms with Gasteiger partial charge in [0.05, 0.1) is 12.8 Å². The second-order valence-electron chi connectivity index (χ2n) is 5.64. The second-order valence-corrected chi connectivity index (χ2v) is 5.64. The number of carboxylic acids is 1. The summed E-state index contributed by atoms with van der Waals surface area (Å²) < 4.78 is 6.27. The van der Waals surface area contributed by atoms with Crippen LogP contribution in [-0.4, -0.2) is 33.9 Å². The number of esters is 1. The van der Waals surface area contributed by atoms with Crippen molar-refractivity contribution in [1.29, 1.82) is 0 Å². The minimum absolute atomic E-state index is 0.119. The molecule has 1 aromatic carbocycles. The third-order valence-electron chi connectivity index (χ3n) is 3.51. The fraction of sp³-hybridized carbons (Fsp3) is 0.353. The van der Waals surface area contributed by atoms with Gasteiger partial charge in [0.25, 0.3) is 0 Å². The van der Waals surface area contributed by atoms with E-state index in [9.17, 15) is 14.7 Å². The molecule has 0 radical (unpaired) electrons. The number of methoxy groups -OCH3 is 1. The third-order valence-corrected chi connectivity index (χ3v) is 3.51. The summed E-state index contributed by atoms with van der Waals surface area (Å²) in [5, 5.41) is 13.8. The van der Waals surface area contributed by atoms with Crippen LogP contribution in [0.1, 0.15) is 41.1 Å². The van der Waals surface area contributed by atoms with Gasteiger partial charge in [0, 0.05) is 12.1 Å². The number of aromatic carboxylic acids is 1. The zero-order valence-corrected chi connectivity index (χ0v) is 13.4. The van der Waals surface area contributed by atoms with Crippen LogP contribution in [0.2, 0.25) is 0 Å². The molecule has 1 heterocycles. The number of carbonyl (C=O) groups is 2. The van der Waals surface area contributed by atoms with Crippen LogP contribution in [-0.2, 0) is 11.3 Å². The summed E-state index contributed by atoms with van der Waals surface area (Å²) in [6.45, 7) is 4.68. The van der Waals surface area contributed by atoms with Crippen LogP contribution in [0.4, 0.5) is 0 Å². The summed E-state index contributed by atoms with van der Waals surface area (Å²) in [6, 6.07) is 9.09. The molecule has 0 unspecified atom stereocenters. The maximum Gasteiger partial charge on any atom is 0.359 e. The van der Waals surface area contributed by atoms with Crippen molar-refractivity contribution in [1.82, 2.24) is 9.78 Å². The number of carboxylic acid groups (broad SMARTS) is 1. The Morgan fingerprint density at radius 1 is 1.26 bits per heavy atom. The summed E-state index contributed by atoms with van der Waals surface area (Å²) in [7, 11) is 1.21. The van der Waals surface area contributed by atoms with Crippen LogP contribution >= 0.6 is 0 Å². The minimum Gasteiger partial charge on any atom is -0.478 e. The third kappa shape index (κ3) is 3.59. The molecule has 0 fully saturated rings. The van der Waals surface area contributed by atoms with E-state index in [1.165, 1.54) is 7.11 Å². The molecule has 0 spiro atoms. The summed E-state index contributed by atoms with van der Waals surface area (Å²) >= 11 is 0. The van der Waals surface area contributed by atoms with Gasteiger partial charge in [-0.15, -0.1) is 0 Å². The first kappa shape index (κ1) is 16.7. The highest BCUT2D eigenvalue weighted by Gasteiger charge is 2.29. The van der Waals surface area contributed by atoms with E-state index in [0.717, 1.165) is 6.42 Å². The van der Waals surface area contributed by atoms with Crippen molar-refractivity contribution in [2.24, 2.45) is 5.92 Å². The number of hydrogen-bond acceptors (Lipinski definition) is 4. The van der Waals surface area contributed by atoms with Crippen LogP contribution < -0.4 is 0 Å². The van der Waals surface area contributed by atoms with Gasteiger partial charge in [-0.2, -0.15) is 5.10 Å². The highest BCUT2D eigenvalue weighted by Crippen LogP contribution is 2.28. The first-order chi connectivity index (χ1) is 11.0. The van der Waals surface area contributed by atoms with E-state index in [0.29, 0.717) is 23.7 Å². The van der Waals surface area contributed by atoms with Crippen molar-refractivity contribution in [3.8, 4) is 11.3 Å². The van der Waals surface area contributed by atoms with Gasteiger partial charge in [0.15, 0.2) is 5.69 Å². The van der Waals surface area contributed by atoms with E-state index in [-0.39, 0.29) is 11.3 Å². The van der Waals surface area contributed by atoms with Gasteiger partial charge in [0.2, 0.25) is 0 Å². The van der Waals surface area contributed by atoms with E-state index >= 15 is 0 Å². The highest BCUT2D eigenvalue weighted by molar-refractivity contribution is 6.05. The van der Waals surface area contributed by atoms with Crippen molar-refractivity contribution in [2.75, 3.05) is 7.11 Å². The second kappa shape index (κ2) is 7.09. The number of aromatic nitrogens is 2. The van der Waals surface area contributed by atoms with Gasteiger partial charge < -0.3 is 9.84 Å². The molecule has 2 aromatic rings. The van der Waals surface area contributed by atoms with Crippen molar-refractivity contribution in [3.05, 3.63) is 41.6 Å². The van der Waals surface area contributed by atoms with Crippen LogP contribution in [0.5, 0.6) is 0 Å². The molecule has 0 amide bonds. The number of benzene rings is 1. The van der Waals surface area contributed by atoms with Crippen molar-refractivity contribution in [2.45, 2.75) is 26.8 Å². The molecule has 122 valence electrons. The lowest BCUT2D eigenvalue weighted by Gasteiger charge is -2.10. The monoisotopic (exact) mass is 316 g/mol. The molecule has 2 rings (SSSR count). The summed E-state index contributed by atoms with van der Waals surface area (Å²) in [5.41, 5.74) is 0.852. The molecule has 0 aliphatic heterocycles. The topological polar surface area (TPSA) is 81.4 Å². The molecular formula is C17H20N2O4. The number of hydrogen-bond donors (Lipinski definition) is 1. The minimum atomic E-state index is -1.19. The van der Waals surface area contributed by atoms with E-state index in [2.05, 4.69) is 23.7 Å². The van der Waals surface area contributed by atoms with Gasteiger partial charge in [-0.05, 0) is 12.3 Å². The van der Waals surface area contributed by atoms with Gasteiger partial charge in [0.1, 0.15) is 5.56 Å². The van der Waals surface area contributed by atoms with E-state index < -0.39 is 11.9 Å². The van der Waals surface area contributed by atoms with Crippen molar-refractivity contribution in [3.63, 3.8) is 0 Å². The van der Waals surface area contributed by atoms with Gasteiger partial charge in [-0.25, -0.2) is 9.59 Å². The number of ether oxygens (including phenoxy) is 1. The SMILES string of the molecule is COC(=O)c1nn(CCC(C)C)c(-c2ccccc2)c1C(=O)O. The normalized spacial score (nSPS) is 10.8. The predicted octanol–water partition coefficient (Wildman–Crippen LogP) is 3.08. The Labute approximate surface area is 134 Å². The van der Waals surface area contributed by atoms with Crippen LogP contribution in [0.15, 0.2) is 30.3 Å². The largest absolute Gasteiger partial charge is 0.478 e. The van der Waals surface area contributed by atoms with Crippen LogP contribution in [0.3, 0.4) is 0 Å². The number of aryl methyl sites for hydroxylation is 1. The van der Waals surface area contributed by atoms with Crippen molar-refractivity contribution >= 4 is 11.9 Å². The zero-order valence-electron chi connectivity index (χ0n) is 13.4. The molecule has 6 nitrogen and oxygen atoms in total. The number of rotatable bonds is 6. The maximum atomic E-state index is 11.9. The Bertz CT molecular complexity index is 705. The maximum absolute atomic E-state index is 11.9. The molecule has 1 aromatic heterocycles. The zero-order chi connectivity index (χ0) is 17.0. The Balaban J connectivity index is 2.65. The summed E-state index contributed by atoms with van der Waals surface area (Å²) in [6.07, 6.45) is 0.821. The van der Waals surface area contributed by atoms with Gasteiger partial charge in [-0.3, -0.25) is 4.68 Å². The fourth-order valence-electron chi connectivity index (χ4n) is 2.34. The summed E-state index contributed by atoms with van der Waals surface area (Å²) in [4.78, 5) is 23.6. The highest BCUT2D eigenvalue weighted by atomic mass is 16.5. The molecule has 6 heteroatoms.